The largest absolute Gasteiger partial charge is 0.490 e. The molecule has 2 heterocycles. The summed E-state index contributed by atoms with van der Waals surface area (Å²) < 4.78 is 17.5. The van der Waals surface area contributed by atoms with Crippen LogP contribution in [0.4, 0.5) is 5.69 Å². The summed E-state index contributed by atoms with van der Waals surface area (Å²) in [6.45, 7) is 5.73. The first-order valence-electron chi connectivity index (χ1n) is 7.64. The molecule has 2 aromatic rings. The molecule has 0 saturated carbocycles. The van der Waals surface area contributed by atoms with Gasteiger partial charge in [0.05, 0.1) is 5.69 Å². The van der Waals surface area contributed by atoms with Crippen LogP contribution in [-0.4, -0.2) is 19.4 Å². The van der Waals surface area contributed by atoms with E-state index in [4.69, 9.17) is 14.2 Å². The zero-order valence-corrected chi connectivity index (χ0v) is 12.8. The minimum absolute atomic E-state index is 0.266. The molecular weight excluding hydrogens is 278 g/mol. The Morgan fingerprint density at radius 1 is 1.05 bits per heavy atom. The van der Waals surface area contributed by atoms with E-state index < -0.39 is 0 Å². The molecule has 4 nitrogen and oxygen atoms in total. The number of hydrogen-bond acceptors (Lipinski definition) is 4. The molecule has 0 saturated heterocycles. The van der Waals surface area contributed by atoms with Crippen molar-refractivity contribution in [3.05, 3.63) is 47.0 Å². The number of aryl methyl sites for hydroxylation is 1. The second-order valence-electron chi connectivity index (χ2n) is 5.82. The van der Waals surface area contributed by atoms with E-state index in [1.54, 1.807) is 0 Å². The normalized spacial score (nSPS) is 18.4. The van der Waals surface area contributed by atoms with Gasteiger partial charge >= 0.3 is 0 Å². The maximum Gasteiger partial charge on any atom is 0.245 e. The average Bonchev–Trinajstić information content (AvgIpc) is 2.92. The molecule has 2 aliphatic rings. The van der Waals surface area contributed by atoms with Gasteiger partial charge in [-0.15, -0.1) is 0 Å². The van der Waals surface area contributed by atoms with Gasteiger partial charge in [-0.25, -0.2) is 0 Å². The lowest BCUT2D eigenvalue weighted by atomic mass is 10.0. The van der Waals surface area contributed by atoms with Crippen LogP contribution >= 0.6 is 0 Å². The van der Waals surface area contributed by atoms with Gasteiger partial charge in [0.1, 0.15) is 12.4 Å². The van der Waals surface area contributed by atoms with Gasteiger partial charge in [-0.2, -0.15) is 0 Å². The quantitative estimate of drug-likeness (QED) is 0.921. The molecule has 4 rings (SSSR count). The van der Waals surface area contributed by atoms with E-state index >= 15 is 0 Å². The minimum atomic E-state index is -0.266. The van der Waals surface area contributed by atoms with Crippen LogP contribution in [0.3, 0.4) is 0 Å². The molecule has 0 fully saturated rings. The standard InChI is InChI=1S/C18H19NO3/c1-11-3-5-14-16(9-11)22-17(21-14)10-13-4-6-15-18(12(13)2)19-7-8-20-15/h3-6,9,17,19H,7-8,10H2,1-2H3. The van der Waals surface area contributed by atoms with Crippen LogP contribution in [0.15, 0.2) is 30.3 Å². The fourth-order valence-electron chi connectivity index (χ4n) is 3.00. The van der Waals surface area contributed by atoms with Crippen molar-refractivity contribution in [1.82, 2.24) is 0 Å². The SMILES string of the molecule is Cc1ccc2c(c1)OC(Cc1ccc3c(c1C)NCCO3)O2. The number of anilines is 1. The summed E-state index contributed by atoms with van der Waals surface area (Å²) in [6, 6.07) is 10.2. The Balaban J connectivity index is 1.56. The Bertz CT molecular complexity index is 727. The van der Waals surface area contributed by atoms with Gasteiger partial charge in [0.2, 0.25) is 6.29 Å². The molecule has 0 bridgehead atoms. The Hall–Kier alpha value is -2.36. The number of hydrogen-bond donors (Lipinski definition) is 1. The number of rotatable bonds is 2. The van der Waals surface area contributed by atoms with Gasteiger partial charge in [-0.1, -0.05) is 12.1 Å². The van der Waals surface area contributed by atoms with Crippen molar-refractivity contribution in [2.45, 2.75) is 26.6 Å². The summed E-state index contributed by atoms with van der Waals surface area (Å²) in [5.41, 5.74) is 4.69. The Morgan fingerprint density at radius 2 is 1.86 bits per heavy atom. The van der Waals surface area contributed by atoms with Crippen molar-refractivity contribution in [3.8, 4) is 17.2 Å². The second-order valence-corrected chi connectivity index (χ2v) is 5.82. The van der Waals surface area contributed by atoms with Crippen molar-refractivity contribution in [3.63, 3.8) is 0 Å². The van der Waals surface area contributed by atoms with Crippen LogP contribution < -0.4 is 19.5 Å². The van der Waals surface area contributed by atoms with Crippen molar-refractivity contribution < 1.29 is 14.2 Å². The predicted octanol–water partition coefficient (Wildman–Crippen LogP) is 3.45. The van der Waals surface area contributed by atoms with E-state index in [-0.39, 0.29) is 6.29 Å². The van der Waals surface area contributed by atoms with Gasteiger partial charge < -0.3 is 19.5 Å². The number of benzene rings is 2. The minimum Gasteiger partial charge on any atom is -0.490 e. The molecule has 0 aromatic heterocycles. The third kappa shape index (κ3) is 2.25. The maximum absolute atomic E-state index is 5.92. The van der Waals surface area contributed by atoms with Crippen LogP contribution in [0.5, 0.6) is 17.2 Å². The molecule has 2 aliphatic heterocycles. The van der Waals surface area contributed by atoms with Gasteiger partial charge in [0.15, 0.2) is 11.5 Å². The molecule has 0 radical (unpaired) electrons. The lowest BCUT2D eigenvalue weighted by molar-refractivity contribution is 0.0501. The van der Waals surface area contributed by atoms with Gasteiger partial charge in [-0.3, -0.25) is 0 Å². The first-order valence-corrected chi connectivity index (χ1v) is 7.64. The van der Waals surface area contributed by atoms with Crippen LogP contribution in [0, 0.1) is 13.8 Å². The first-order chi connectivity index (χ1) is 10.7. The Kier molecular flexibility index (Phi) is 3.10. The van der Waals surface area contributed by atoms with Crippen LogP contribution in [0.2, 0.25) is 0 Å². The topological polar surface area (TPSA) is 39.7 Å². The molecule has 22 heavy (non-hydrogen) atoms. The third-order valence-corrected chi connectivity index (χ3v) is 4.20. The van der Waals surface area contributed by atoms with E-state index in [9.17, 15) is 0 Å². The molecular formula is C18H19NO3. The van der Waals surface area contributed by atoms with Crippen molar-refractivity contribution in [2.75, 3.05) is 18.5 Å². The summed E-state index contributed by atoms with van der Waals surface area (Å²) in [4.78, 5) is 0. The molecule has 0 amide bonds. The molecule has 2 aromatic carbocycles. The molecule has 0 aliphatic carbocycles. The highest BCUT2D eigenvalue weighted by Crippen LogP contribution is 2.38. The van der Waals surface area contributed by atoms with Crippen LogP contribution in [0.25, 0.3) is 0 Å². The first kappa shape index (κ1) is 13.3. The summed E-state index contributed by atoms with van der Waals surface area (Å²) in [7, 11) is 0. The van der Waals surface area contributed by atoms with Crippen molar-refractivity contribution in [1.29, 1.82) is 0 Å². The Labute approximate surface area is 130 Å². The molecule has 1 atom stereocenters. The maximum atomic E-state index is 5.92. The fourth-order valence-corrected chi connectivity index (χ4v) is 3.00. The van der Waals surface area contributed by atoms with E-state index in [0.717, 1.165) is 36.1 Å². The third-order valence-electron chi connectivity index (χ3n) is 4.20. The highest BCUT2D eigenvalue weighted by atomic mass is 16.7. The lowest BCUT2D eigenvalue weighted by Gasteiger charge is -2.23. The van der Waals surface area contributed by atoms with E-state index in [2.05, 4.69) is 25.2 Å². The zero-order chi connectivity index (χ0) is 15.1. The molecule has 114 valence electrons. The molecule has 1 N–H and O–H groups in total. The highest BCUT2D eigenvalue weighted by Gasteiger charge is 2.26. The molecule has 1 unspecified atom stereocenters. The number of fused-ring (bicyclic) bond motifs is 2. The summed E-state index contributed by atoms with van der Waals surface area (Å²) >= 11 is 0. The smallest absolute Gasteiger partial charge is 0.245 e. The van der Waals surface area contributed by atoms with Gasteiger partial charge in [-0.05, 0) is 48.7 Å². The Morgan fingerprint density at radius 3 is 2.77 bits per heavy atom. The summed E-state index contributed by atoms with van der Waals surface area (Å²) in [6.07, 6.45) is 0.451. The highest BCUT2D eigenvalue weighted by molar-refractivity contribution is 5.65. The van der Waals surface area contributed by atoms with Gasteiger partial charge in [0.25, 0.3) is 0 Å². The molecule has 4 heteroatoms. The number of ether oxygens (including phenoxy) is 3. The number of nitrogens with one attached hydrogen (secondary N) is 1. The molecule has 0 spiro atoms. The van der Waals surface area contributed by atoms with Crippen molar-refractivity contribution >= 4 is 5.69 Å². The summed E-state index contributed by atoms with van der Waals surface area (Å²) in [5.74, 6) is 2.59. The van der Waals surface area contributed by atoms with E-state index in [0.29, 0.717) is 6.42 Å². The van der Waals surface area contributed by atoms with Crippen LogP contribution in [0.1, 0.15) is 16.7 Å². The lowest BCUT2D eigenvalue weighted by Crippen LogP contribution is -2.23. The monoisotopic (exact) mass is 297 g/mol. The fraction of sp³-hybridized carbons (Fsp3) is 0.333. The van der Waals surface area contributed by atoms with E-state index in [1.807, 2.05) is 24.3 Å². The predicted molar refractivity (Wildman–Crippen MR) is 85.1 cm³/mol. The van der Waals surface area contributed by atoms with Gasteiger partial charge in [0, 0.05) is 13.0 Å². The van der Waals surface area contributed by atoms with Crippen LogP contribution in [-0.2, 0) is 6.42 Å². The summed E-state index contributed by atoms with van der Waals surface area (Å²) in [5, 5.41) is 3.41. The average molecular weight is 297 g/mol. The second kappa shape index (κ2) is 5.13. The zero-order valence-electron chi connectivity index (χ0n) is 12.8. The van der Waals surface area contributed by atoms with E-state index in [1.165, 1.54) is 16.7 Å². The van der Waals surface area contributed by atoms with Crippen molar-refractivity contribution in [2.24, 2.45) is 0 Å².